The number of aliphatic hydroxyl groups is 1. The van der Waals surface area contributed by atoms with E-state index in [4.69, 9.17) is 11.6 Å². The number of aromatic hydroxyl groups is 1. The first-order valence-corrected chi connectivity index (χ1v) is 11.3. The van der Waals surface area contributed by atoms with Crippen LogP contribution in [0.2, 0.25) is 5.02 Å². The van der Waals surface area contributed by atoms with Gasteiger partial charge in [-0.05, 0) is 42.8 Å². The van der Waals surface area contributed by atoms with Crippen molar-refractivity contribution in [2.45, 2.75) is 13.0 Å². The van der Waals surface area contributed by atoms with Crippen LogP contribution in [0.5, 0.6) is 5.75 Å². The lowest BCUT2D eigenvalue weighted by Crippen LogP contribution is -2.29. The molecule has 2 N–H and O–H groups in total. The summed E-state index contributed by atoms with van der Waals surface area (Å²) >= 11 is 7.33. The highest BCUT2D eigenvalue weighted by Crippen LogP contribution is 2.44. The molecule has 33 heavy (non-hydrogen) atoms. The largest absolute Gasteiger partial charge is 0.508 e. The van der Waals surface area contributed by atoms with Gasteiger partial charge in [0.2, 0.25) is 0 Å². The van der Waals surface area contributed by atoms with Crippen molar-refractivity contribution in [2.24, 2.45) is 0 Å². The van der Waals surface area contributed by atoms with E-state index in [1.165, 1.54) is 28.4 Å². The summed E-state index contributed by atoms with van der Waals surface area (Å²) in [5, 5.41) is 21.7. The van der Waals surface area contributed by atoms with E-state index in [0.717, 1.165) is 10.3 Å². The minimum atomic E-state index is -0.914. The van der Waals surface area contributed by atoms with Gasteiger partial charge in [-0.3, -0.25) is 14.5 Å². The van der Waals surface area contributed by atoms with Crippen molar-refractivity contribution in [1.82, 2.24) is 4.98 Å². The zero-order chi connectivity index (χ0) is 23.3. The zero-order valence-electron chi connectivity index (χ0n) is 17.3. The van der Waals surface area contributed by atoms with E-state index in [2.05, 4.69) is 4.98 Å². The van der Waals surface area contributed by atoms with Crippen molar-refractivity contribution in [3.63, 3.8) is 0 Å². The first-order chi connectivity index (χ1) is 15.8. The summed E-state index contributed by atoms with van der Waals surface area (Å²) in [6, 6.07) is 17.5. The van der Waals surface area contributed by atoms with E-state index >= 15 is 0 Å². The number of nitrogens with zero attached hydrogens (tertiary/aromatic N) is 2. The Morgan fingerprint density at radius 1 is 1.03 bits per heavy atom. The number of amides is 1. The number of aliphatic hydroxyl groups excluding tert-OH is 1. The van der Waals surface area contributed by atoms with Gasteiger partial charge in [-0.2, -0.15) is 0 Å². The maximum atomic E-state index is 13.2. The van der Waals surface area contributed by atoms with Gasteiger partial charge in [0.05, 0.1) is 21.8 Å². The predicted molar refractivity (Wildman–Crippen MR) is 129 cm³/mol. The Bertz CT molecular complexity index is 1440. The molecule has 0 bridgehead atoms. The Kier molecular flexibility index (Phi) is 5.15. The molecule has 4 aromatic rings. The molecule has 0 spiro atoms. The molecule has 0 saturated carbocycles. The average molecular weight is 477 g/mol. The fraction of sp³-hybridized carbons (Fsp3) is 0.0800. The highest BCUT2D eigenvalue weighted by Gasteiger charge is 2.48. The third-order valence-corrected chi connectivity index (χ3v) is 6.78. The molecule has 8 heteroatoms. The van der Waals surface area contributed by atoms with Crippen LogP contribution in [0.4, 0.5) is 5.13 Å². The first kappa shape index (κ1) is 21.2. The molecule has 1 saturated heterocycles. The van der Waals surface area contributed by atoms with Crippen LogP contribution in [0.1, 0.15) is 22.7 Å². The monoisotopic (exact) mass is 476 g/mol. The second-order valence-corrected chi connectivity index (χ2v) is 9.18. The van der Waals surface area contributed by atoms with Gasteiger partial charge in [0.25, 0.3) is 5.78 Å². The molecule has 3 aromatic carbocycles. The first-order valence-electron chi connectivity index (χ1n) is 10.1. The minimum absolute atomic E-state index is 0.0353. The summed E-state index contributed by atoms with van der Waals surface area (Å²) in [6.07, 6.45) is 0. The van der Waals surface area contributed by atoms with E-state index in [1.54, 1.807) is 42.5 Å². The fourth-order valence-electron chi connectivity index (χ4n) is 3.86. The van der Waals surface area contributed by atoms with Gasteiger partial charge in [0.1, 0.15) is 11.5 Å². The number of hydrogen-bond donors (Lipinski definition) is 2. The van der Waals surface area contributed by atoms with Gasteiger partial charge < -0.3 is 10.2 Å². The smallest absolute Gasteiger partial charge is 0.301 e. The van der Waals surface area contributed by atoms with Crippen LogP contribution < -0.4 is 4.90 Å². The number of anilines is 1. The second-order valence-electron chi connectivity index (χ2n) is 7.74. The molecule has 2 heterocycles. The minimum Gasteiger partial charge on any atom is -0.508 e. The molecule has 0 aliphatic carbocycles. The van der Waals surface area contributed by atoms with E-state index in [-0.39, 0.29) is 17.1 Å². The second kappa shape index (κ2) is 8.03. The number of ketones is 1. The molecule has 1 amide bonds. The number of Topliss-reactive ketones (excluding diaryl/α,β-unsaturated/α-hetero) is 1. The van der Waals surface area contributed by atoms with Crippen LogP contribution in [-0.2, 0) is 9.59 Å². The maximum absolute atomic E-state index is 13.2. The molecule has 5 rings (SSSR count). The Morgan fingerprint density at radius 2 is 1.73 bits per heavy atom. The highest BCUT2D eigenvalue weighted by molar-refractivity contribution is 7.22. The standard InChI is InChI=1S/C25H17ClN2O4S/c1-13-2-4-15(5-3-13)22(30)20-21(14-6-9-17(29)10-7-14)28(24(32)23(20)31)25-27-18-11-8-16(26)12-19(18)33-25/h2-12,21,29-30H,1H3. The molecule has 1 aromatic heterocycles. The Labute approximate surface area is 198 Å². The number of thiazole rings is 1. The molecular weight excluding hydrogens is 460 g/mol. The summed E-state index contributed by atoms with van der Waals surface area (Å²) in [4.78, 5) is 32.3. The van der Waals surface area contributed by atoms with Crippen molar-refractivity contribution >= 4 is 55.7 Å². The molecule has 1 unspecified atom stereocenters. The summed E-state index contributed by atoms with van der Waals surface area (Å²) < 4.78 is 0.766. The summed E-state index contributed by atoms with van der Waals surface area (Å²) in [7, 11) is 0. The lowest BCUT2D eigenvalue weighted by molar-refractivity contribution is -0.132. The number of carbonyl (C=O) groups is 2. The van der Waals surface area contributed by atoms with Crippen LogP contribution in [0.3, 0.4) is 0 Å². The van der Waals surface area contributed by atoms with E-state index in [1.807, 2.05) is 19.1 Å². The van der Waals surface area contributed by atoms with E-state index < -0.39 is 17.7 Å². The third-order valence-electron chi connectivity index (χ3n) is 5.52. The average Bonchev–Trinajstić information content (AvgIpc) is 3.32. The van der Waals surface area contributed by atoms with Gasteiger partial charge in [0, 0.05) is 10.6 Å². The van der Waals surface area contributed by atoms with Gasteiger partial charge in [-0.15, -0.1) is 0 Å². The Balaban J connectivity index is 1.73. The van der Waals surface area contributed by atoms with Gasteiger partial charge in [0.15, 0.2) is 5.13 Å². The van der Waals surface area contributed by atoms with Crippen molar-refractivity contribution in [3.05, 3.63) is 94.0 Å². The number of hydrogen-bond acceptors (Lipinski definition) is 6. The quantitative estimate of drug-likeness (QED) is 0.228. The molecule has 164 valence electrons. The Hall–Kier alpha value is -3.68. The fourth-order valence-corrected chi connectivity index (χ4v) is 5.13. The third kappa shape index (κ3) is 3.65. The number of benzene rings is 3. The number of aryl methyl sites for hydroxylation is 1. The molecule has 1 atom stereocenters. The van der Waals surface area contributed by atoms with Crippen molar-refractivity contribution in [2.75, 3.05) is 4.90 Å². The number of aromatic nitrogens is 1. The number of carbonyl (C=O) groups excluding carboxylic acids is 2. The SMILES string of the molecule is Cc1ccc(C(O)=C2C(=O)C(=O)N(c3nc4ccc(Cl)cc4s3)C2c2ccc(O)cc2)cc1. The molecule has 6 nitrogen and oxygen atoms in total. The molecular formula is C25H17ClN2O4S. The van der Waals surface area contributed by atoms with Crippen LogP contribution in [-0.4, -0.2) is 26.9 Å². The van der Waals surface area contributed by atoms with Gasteiger partial charge >= 0.3 is 5.91 Å². The van der Waals surface area contributed by atoms with Crippen LogP contribution in [0.15, 0.2) is 72.3 Å². The zero-order valence-corrected chi connectivity index (χ0v) is 18.9. The number of halogens is 1. The maximum Gasteiger partial charge on any atom is 0.301 e. The van der Waals surface area contributed by atoms with Crippen molar-refractivity contribution < 1.29 is 19.8 Å². The lowest BCUT2D eigenvalue weighted by atomic mass is 9.95. The van der Waals surface area contributed by atoms with Gasteiger partial charge in [-0.25, -0.2) is 4.98 Å². The highest BCUT2D eigenvalue weighted by atomic mass is 35.5. The molecule has 1 aliphatic rings. The van der Waals surface area contributed by atoms with Crippen molar-refractivity contribution in [1.29, 1.82) is 0 Å². The van der Waals surface area contributed by atoms with E-state index in [0.29, 0.717) is 26.8 Å². The molecule has 1 aliphatic heterocycles. The lowest BCUT2D eigenvalue weighted by Gasteiger charge is -2.23. The normalized spacial score (nSPS) is 17.8. The van der Waals surface area contributed by atoms with Crippen molar-refractivity contribution in [3.8, 4) is 5.75 Å². The van der Waals surface area contributed by atoms with E-state index in [9.17, 15) is 19.8 Å². The summed E-state index contributed by atoms with van der Waals surface area (Å²) in [5.41, 5.74) is 2.59. The predicted octanol–water partition coefficient (Wildman–Crippen LogP) is 5.59. The van der Waals surface area contributed by atoms with Crippen LogP contribution in [0.25, 0.3) is 16.0 Å². The number of phenols is 1. The molecule has 1 fully saturated rings. The van der Waals surface area contributed by atoms with Crippen LogP contribution >= 0.6 is 22.9 Å². The topological polar surface area (TPSA) is 90.7 Å². The van der Waals surface area contributed by atoms with Gasteiger partial charge in [-0.1, -0.05) is 64.9 Å². The van der Waals surface area contributed by atoms with Crippen LogP contribution in [0, 0.1) is 6.92 Å². The summed E-state index contributed by atoms with van der Waals surface area (Å²) in [5.74, 6) is -1.81. The number of rotatable bonds is 3. The number of phenolic OH excluding ortho intramolecular Hbond substituents is 1. The Morgan fingerprint density at radius 3 is 2.42 bits per heavy atom. The number of fused-ring (bicyclic) bond motifs is 1. The molecule has 0 radical (unpaired) electrons. The summed E-state index contributed by atoms with van der Waals surface area (Å²) in [6.45, 7) is 1.92.